The van der Waals surface area contributed by atoms with Crippen molar-refractivity contribution in [3.05, 3.63) is 46.8 Å². The molecule has 0 N–H and O–H groups in total. The molecule has 0 amide bonds. The number of nitro benzene ring substituents is 1. The van der Waals surface area contributed by atoms with E-state index >= 15 is 0 Å². The van der Waals surface area contributed by atoms with Gasteiger partial charge in [0, 0.05) is 6.07 Å². The first-order chi connectivity index (χ1) is 6.65. The zero-order valence-corrected chi connectivity index (χ0v) is 7.27. The van der Waals surface area contributed by atoms with Gasteiger partial charge in [-0.05, 0) is 6.07 Å². The molecule has 1 aromatic carbocycles. The lowest BCUT2D eigenvalue weighted by Gasteiger charge is -2.03. The van der Waals surface area contributed by atoms with Crippen LogP contribution in [0.1, 0.15) is 0 Å². The lowest BCUT2D eigenvalue weighted by atomic mass is 10.3. The van der Waals surface area contributed by atoms with Gasteiger partial charge in [0.2, 0.25) is 0 Å². The number of ether oxygens (including phenoxy) is 1. The third kappa shape index (κ3) is 2.29. The van der Waals surface area contributed by atoms with Crippen LogP contribution in [0.25, 0.3) is 0 Å². The largest absolute Gasteiger partial charge is 0.486 e. The topological polar surface area (TPSA) is 52.4 Å². The summed E-state index contributed by atoms with van der Waals surface area (Å²) in [5.41, 5.74) is -0.298. The molecule has 0 bridgehead atoms. The van der Waals surface area contributed by atoms with Crippen molar-refractivity contribution in [2.24, 2.45) is 0 Å². The minimum absolute atomic E-state index is 0.0181. The van der Waals surface area contributed by atoms with Gasteiger partial charge in [0.1, 0.15) is 6.61 Å². The normalized spacial score (nSPS) is 9.50. The Bertz CT molecular complexity index is 365. The zero-order chi connectivity index (χ0) is 10.6. The van der Waals surface area contributed by atoms with Crippen LogP contribution >= 0.6 is 0 Å². The van der Waals surface area contributed by atoms with Crippen molar-refractivity contribution < 1.29 is 14.1 Å². The van der Waals surface area contributed by atoms with Crippen molar-refractivity contribution in [2.45, 2.75) is 0 Å². The lowest BCUT2D eigenvalue weighted by Crippen LogP contribution is -1.96. The number of rotatable bonds is 4. The second-order valence-corrected chi connectivity index (χ2v) is 2.47. The van der Waals surface area contributed by atoms with Crippen LogP contribution in [0.3, 0.4) is 0 Å². The molecule has 14 heavy (non-hydrogen) atoms. The van der Waals surface area contributed by atoms with Crippen LogP contribution in [0.2, 0.25) is 0 Å². The third-order valence-corrected chi connectivity index (χ3v) is 1.48. The molecule has 0 aromatic heterocycles. The van der Waals surface area contributed by atoms with E-state index in [1.54, 1.807) is 0 Å². The van der Waals surface area contributed by atoms with E-state index < -0.39 is 10.7 Å². The van der Waals surface area contributed by atoms with Crippen LogP contribution in [-0.2, 0) is 0 Å². The van der Waals surface area contributed by atoms with E-state index in [0.29, 0.717) is 0 Å². The Hall–Kier alpha value is -1.91. The number of nitrogens with zero attached hydrogens (tertiary/aromatic N) is 1. The molecule has 0 unspecified atom stereocenters. The molecule has 0 saturated heterocycles. The molecule has 1 aromatic rings. The molecule has 0 aliphatic carbocycles. The van der Waals surface area contributed by atoms with Crippen molar-refractivity contribution in [1.29, 1.82) is 0 Å². The van der Waals surface area contributed by atoms with E-state index in [0.717, 1.165) is 6.07 Å². The molecule has 1 rings (SSSR count). The molecule has 0 spiro atoms. The van der Waals surface area contributed by atoms with Gasteiger partial charge in [-0.25, -0.2) is 4.39 Å². The van der Waals surface area contributed by atoms with Gasteiger partial charge in [0.25, 0.3) is 5.69 Å². The quantitative estimate of drug-likeness (QED) is 0.422. The minimum atomic E-state index is -0.749. The summed E-state index contributed by atoms with van der Waals surface area (Å²) >= 11 is 0. The highest BCUT2D eigenvalue weighted by Gasteiger charge is 2.10. The van der Waals surface area contributed by atoms with Crippen LogP contribution in [0.5, 0.6) is 5.75 Å². The van der Waals surface area contributed by atoms with Crippen molar-refractivity contribution in [1.82, 2.24) is 0 Å². The fourth-order valence-electron chi connectivity index (χ4n) is 0.869. The van der Waals surface area contributed by atoms with Gasteiger partial charge in [-0.2, -0.15) is 0 Å². The van der Waals surface area contributed by atoms with Crippen molar-refractivity contribution >= 4 is 5.69 Å². The predicted octanol–water partition coefficient (Wildman–Crippen LogP) is 2.30. The van der Waals surface area contributed by atoms with E-state index in [-0.39, 0.29) is 18.0 Å². The van der Waals surface area contributed by atoms with Crippen LogP contribution < -0.4 is 4.74 Å². The first-order valence-electron chi connectivity index (χ1n) is 3.83. The molecule has 0 atom stereocenters. The molecule has 74 valence electrons. The summed E-state index contributed by atoms with van der Waals surface area (Å²) < 4.78 is 18.0. The van der Waals surface area contributed by atoms with Gasteiger partial charge >= 0.3 is 0 Å². The molecule has 4 nitrogen and oxygen atoms in total. The molecule has 0 aliphatic heterocycles. The average Bonchev–Trinajstić information content (AvgIpc) is 2.15. The Morgan fingerprint density at radius 3 is 2.86 bits per heavy atom. The number of hydrogen-bond acceptors (Lipinski definition) is 3. The summed E-state index contributed by atoms with van der Waals surface area (Å²) in [4.78, 5) is 9.59. The Kier molecular flexibility index (Phi) is 3.17. The van der Waals surface area contributed by atoms with Crippen molar-refractivity contribution in [3.8, 4) is 5.75 Å². The van der Waals surface area contributed by atoms with Crippen molar-refractivity contribution in [2.75, 3.05) is 6.61 Å². The first-order valence-corrected chi connectivity index (χ1v) is 3.83. The summed E-state index contributed by atoms with van der Waals surface area (Å²) in [6, 6.07) is 3.22. The van der Waals surface area contributed by atoms with E-state index in [4.69, 9.17) is 4.74 Å². The highest BCUT2D eigenvalue weighted by atomic mass is 19.1. The highest BCUT2D eigenvalue weighted by molar-refractivity contribution is 5.37. The summed E-state index contributed by atoms with van der Waals surface area (Å²) in [7, 11) is 0. The molecule has 0 radical (unpaired) electrons. The molecular formula is C9H8FNO3. The molecule has 0 aliphatic rings. The van der Waals surface area contributed by atoms with Crippen LogP contribution in [0, 0.1) is 15.9 Å². The van der Waals surface area contributed by atoms with Gasteiger partial charge in [-0.1, -0.05) is 12.7 Å². The second kappa shape index (κ2) is 4.36. The number of non-ortho nitro benzene ring substituents is 1. The van der Waals surface area contributed by atoms with Gasteiger partial charge in [0.15, 0.2) is 11.6 Å². The van der Waals surface area contributed by atoms with E-state index in [1.165, 1.54) is 18.2 Å². The minimum Gasteiger partial charge on any atom is -0.486 e. The molecule has 5 heteroatoms. The fraction of sp³-hybridized carbons (Fsp3) is 0.111. The maximum absolute atomic E-state index is 13.1. The predicted molar refractivity (Wildman–Crippen MR) is 48.7 cm³/mol. The van der Waals surface area contributed by atoms with Gasteiger partial charge < -0.3 is 4.74 Å². The van der Waals surface area contributed by atoms with E-state index in [2.05, 4.69) is 6.58 Å². The Balaban J connectivity index is 2.89. The zero-order valence-electron chi connectivity index (χ0n) is 7.27. The smallest absolute Gasteiger partial charge is 0.272 e. The summed E-state index contributed by atoms with van der Waals surface area (Å²) in [5.74, 6) is -0.767. The number of nitro groups is 1. The lowest BCUT2D eigenvalue weighted by molar-refractivity contribution is -0.385. The van der Waals surface area contributed by atoms with Crippen molar-refractivity contribution in [3.63, 3.8) is 0 Å². The monoisotopic (exact) mass is 197 g/mol. The van der Waals surface area contributed by atoms with Gasteiger partial charge in [0.05, 0.1) is 11.0 Å². The van der Waals surface area contributed by atoms with Gasteiger partial charge in [-0.15, -0.1) is 0 Å². The maximum Gasteiger partial charge on any atom is 0.272 e. The van der Waals surface area contributed by atoms with Crippen LogP contribution in [0.15, 0.2) is 30.9 Å². The van der Waals surface area contributed by atoms with Gasteiger partial charge in [-0.3, -0.25) is 10.1 Å². The maximum atomic E-state index is 13.1. The van der Waals surface area contributed by atoms with E-state index in [1.807, 2.05) is 0 Å². The number of halogens is 1. The standard InChI is InChI=1S/C9H8FNO3/c1-2-5-14-9-4-3-7(11(12)13)6-8(9)10/h2-4,6H,1,5H2. The SMILES string of the molecule is C=CCOc1ccc([N+](=O)[O-])cc1F. The molecule has 0 heterocycles. The summed E-state index contributed by atoms with van der Waals surface area (Å²) in [6.45, 7) is 3.56. The molecule has 0 saturated carbocycles. The fourth-order valence-corrected chi connectivity index (χ4v) is 0.869. The Morgan fingerprint density at radius 1 is 1.64 bits per heavy atom. The summed E-state index contributed by atoms with van der Waals surface area (Å²) in [6.07, 6.45) is 1.46. The first kappa shape index (κ1) is 10.2. The Labute approximate surface area is 79.8 Å². The van der Waals surface area contributed by atoms with Crippen LogP contribution in [-0.4, -0.2) is 11.5 Å². The molecular weight excluding hydrogens is 189 g/mol. The summed E-state index contributed by atoms with van der Waals surface area (Å²) in [5, 5.41) is 10.3. The number of hydrogen-bond donors (Lipinski definition) is 0. The molecule has 0 fully saturated rings. The third-order valence-electron chi connectivity index (χ3n) is 1.48. The average molecular weight is 197 g/mol. The highest BCUT2D eigenvalue weighted by Crippen LogP contribution is 2.22. The van der Waals surface area contributed by atoms with E-state index in [9.17, 15) is 14.5 Å². The van der Waals surface area contributed by atoms with Crippen LogP contribution in [0.4, 0.5) is 10.1 Å². The second-order valence-electron chi connectivity index (χ2n) is 2.47. The number of benzene rings is 1. The Morgan fingerprint density at radius 2 is 2.36 bits per heavy atom.